The van der Waals surface area contributed by atoms with Crippen LogP contribution in [0.25, 0.3) is 6.08 Å². The SMILES string of the molecule is COc1ccc2c(c1)CCC(=Cc1ccc(OCCCN(C)C)cc1)C2=O. The quantitative estimate of drug-likeness (QED) is 0.543. The maximum absolute atomic E-state index is 12.8. The van der Waals surface area contributed by atoms with Crippen LogP contribution in [0.2, 0.25) is 0 Å². The molecule has 2 aromatic rings. The number of allylic oxidation sites excluding steroid dienone is 1. The summed E-state index contributed by atoms with van der Waals surface area (Å²) in [4.78, 5) is 14.9. The molecule has 0 saturated heterocycles. The summed E-state index contributed by atoms with van der Waals surface area (Å²) >= 11 is 0. The molecule has 2 aromatic carbocycles. The van der Waals surface area contributed by atoms with Gasteiger partial charge in [-0.2, -0.15) is 0 Å². The Bertz CT molecular complexity index is 822. The van der Waals surface area contributed by atoms with Crippen molar-refractivity contribution in [3.8, 4) is 11.5 Å². The van der Waals surface area contributed by atoms with E-state index in [-0.39, 0.29) is 5.78 Å². The van der Waals surface area contributed by atoms with Gasteiger partial charge in [0.15, 0.2) is 5.78 Å². The molecule has 0 N–H and O–H groups in total. The number of methoxy groups -OCH3 is 1. The highest BCUT2D eigenvalue weighted by molar-refractivity contribution is 6.13. The van der Waals surface area contributed by atoms with E-state index in [4.69, 9.17) is 9.47 Å². The highest BCUT2D eigenvalue weighted by atomic mass is 16.5. The Morgan fingerprint density at radius 2 is 1.78 bits per heavy atom. The fraction of sp³-hybridized carbons (Fsp3) is 0.348. The minimum atomic E-state index is 0.114. The number of rotatable bonds is 7. The van der Waals surface area contributed by atoms with Crippen LogP contribution in [0.3, 0.4) is 0 Å². The van der Waals surface area contributed by atoms with Crippen molar-refractivity contribution in [2.24, 2.45) is 0 Å². The average molecular weight is 365 g/mol. The lowest BCUT2D eigenvalue weighted by Crippen LogP contribution is -2.15. The topological polar surface area (TPSA) is 38.8 Å². The second-order valence-electron chi connectivity index (χ2n) is 7.10. The van der Waals surface area contributed by atoms with Crippen LogP contribution in [-0.2, 0) is 6.42 Å². The van der Waals surface area contributed by atoms with Crippen LogP contribution in [0.5, 0.6) is 11.5 Å². The summed E-state index contributed by atoms with van der Waals surface area (Å²) in [5, 5.41) is 0. The smallest absolute Gasteiger partial charge is 0.189 e. The van der Waals surface area contributed by atoms with Gasteiger partial charge in [0.2, 0.25) is 0 Å². The number of hydrogen-bond acceptors (Lipinski definition) is 4. The predicted molar refractivity (Wildman–Crippen MR) is 109 cm³/mol. The van der Waals surface area contributed by atoms with Gasteiger partial charge < -0.3 is 14.4 Å². The molecule has 1 aliphatic rings. The molecule has 0 unspecified atom stereocenters. The average Bonchev–Trinajstić information content (AvgIpc) is 2.68. The first-order valence-electron chi connectivity index (χ1n) is 9.36. The van der Waals surface area contributed by atoms with E-state index in [0.717, 1.165) is 59.6 Å². The van der Waals surface area contributed by atoms with E-state index in [9.17, 15) is 4.79 Å². The van der Waals surface area contributed by atoms with Crippen LogP contribution in [0.15, 0.2) is 48.0 Å². The van der Waals surface area contributed by atoms with Crippen molar-refractivity contribution in [1.29, 1.82) is 0 Å². The molecule has 1 aliphatic carbocycles. The zero-order valence-electron chi connectivity index (χ0n) is 16.3. The second-order valence-corrected chi connectivity index (χ2v) is 7.10. The summed E-state index contributed by atoms with van der Waals surface area (Å²) in [5.41, 5.74) is 3.73. The number of benzene rings is 2. The number of Topliss-reactive ketones (excluding diaryl/α,β-unsaturated/α-hetero) is 1. The Labute approximate surface area is 161 Å². The van der Waals surface area contributed by atoms with Crippen LogP contribution in [-0.4, -0.2) is 45.0 Å². The maximum Gasteiger partial charge on any atom is 0.189 e. The van der Waals surface area contributed by atoms with E-state index in [2.05, 4.69) is 19.0 Å². The molecule has 0 aromatic heterocycles. The summed E-state index contributed by atoms with van der Waals surface area (Å²) in [7, 11) is 5.76. The van der Waals surface area contributed by atoms with Gasteiger partial charge in [-0.05, 0) is 80.9 Å². The van der Waals surface area contributed by atoms with Gasteiger partial charge in [-0.1, -0.05) is 12.1 Å². The number of ether oxygens (including phenoxy) is 2. The largest absolute Gasteiger partial charge is 0.497 e. The Balaban J connectivity index is 1.65. The van der Waals surface area contributed by atoms with Crippen molar-refractivity contribution in [1.82, 2.24) is 4.90 Å². The summed E-state index contributed by atoms with van der Waals surface area (Å²) in [6.45, 7) is 1.72. The van der Waals surface area contributed by atoms with Gasteiger partial charge in [0.05, 0.1) is 13.7 Å². The molecule has 142 valence electrons. The molecular formula is C23H27NO3. The zero-order valence-corrected chi connectivity index (χ0v) is 16.3. The van der Waals surface area contributed by atoms with E-state index in [1.165, 1.54) is 0 Å². The fourth-order valence-electron chi connectivity index (χ4n) is 3.25. The van der Waals surface area contributed by atoms with Gasteiger partial charge in [0.25, 0.3) is 0 Å². The van der Waals surface area contributed by atoms with Crippen LogP contribution >= 0.6 is 0 Å². The first kappa shape index (κ1) is 19.2. The molecule has 0 heterocycles. The third-order valence-corrected chi connectivity index (χ3v) is 4.75. The van der Waals surface area contributed by atoms with Crippen LogP contribution in [0, 0.1) is 0 Å². The predicted octanol–water partition coefficient (Wildman–Crippen LogP) is 4.24. The maximum atomic E-state index is 12.8. The van der Waals surface area contributed by atoms with Crippen molar-refractivity contribution in [3.63, 3.8) is 0 Å². The van der Waals surface area contributed by atoms with Crippen molar-refractivity contribution in [3.05, 3.63) is 64.7 Å². The number of nitrogens with zero attached hydrogens (tertiary/aromatic N) is 1. The van der Waals surface area contributed by atoms with E-state index in [1.54, 1.807) is 7.11 Å². The number of hydrogen-bond donors (Lipinski definition) is 0. The molecule has 3 rings (SSSR count). The monoisotopic (exact) mass is 365 g/mol. The van der Waals surface area contributed by atoms with Gasteiger partial charge in [-0.3, -0.25) is 4.79 Å². The van der Waals surface area contributed by atoms with Crippen LogP contribution in [0.4, 0.5) is 0 Å². The molecule has 0 saturated carbocycles. The first-order valence-corrected chi connectivity index (χ1v) is 9.36. The molecule has 27 heavy (non-hydrogen) atoms. The fourth-order valence-corrected chi connectivity index (χ4v) is 3.25. The lowest BCUT2D eigenvalue weighted by Gasteiger charge is -2.18. The number of fused-ring (bicyclic) bond motifs is 1. The number of carbonyl (C=O) groups is 1. The van der Waals surface area contributed by atoms with Crippen molar-refractivity contribution in [2.45, 2.75) is 19.3 Å². The Morgan fingerprint density at radius 3 is 2.48 bits per heavy atom. The first-order chi connectivity index (χ1) is 13.1. The Hall–Kier alpha value is -2.59. The molecule has 0 fully saturated rings. The lowest BCUT2D eigenvalue weighted by atomic mass is 9.86. The van der Waals surface area contributed by atoms with E-state index < -0.39 is 0 Å². The summed E-state index contributed by atoms with van der Waals surface area (Å²) in [6, 6.07) is 13.6. The minimum Gasteiger partial charge on any atom is -0.497 e. The Morgan fingerprint density at radius 1 is 1.04 bits per heavy atom. The molecule has 0 bridgehead atoms. The van der Waals surface area contributed by atoms with E-state index >= 15 is 0 Å². The zero-order chi connectivity index (χ0) is 19.2. The van der Waals surface area contributed by atoms with E-state index in [1.807, 2.05) is 48.5 Å². The van der Waals surface area contributed by atoms with Gasteiger partial charge >= 0.3 is 0 Å². The second kappa shape index (κ2) is 8.87. The molecule has 0 radical (unpaired) electrons. The molecular weight excluding hydrogens is 338 g/mol. The molecule has 0 atom stereocenters. The highest BCUT2D eigenvalue weighted by Crippen LogP contribution is 2.29. The van der Waals surface area contributed by atoms with Crippen molar-refractivity contribution >= 4 is 11.9 Å². The third-order valence-electron chi connectivity index (χ3n) is 4.75. The van der Waals surface area contributed by atoms with Gasteiger partial charge in [0.1, 0.15) is 11.5 Å². The van der Waals surface area contributed by atoms with E-state index in [0.29, 0.717) is 6.61 Å². The summed E-state index contributed by atoms with van der Waals surface area (Å²) in [6.07, 6.45) is 4.60. The van der Waals surface area contributed by atoms with Crippen molar-refractivity contribution < 1.29 is 14.3 Å². The lowest BCUT2D eigenvalue weighted by molar-refractivity contribution is 0.102. The van der Waals surface area contributed by atoms with Gasteiger partial charge in [-0.25, -0.2) is 0 Å². The highest BCUT2D eigenvalue weighted by Gasteiger charge is 2.22. The minimum absolute atomic E-state index is 0.114. The molecule has 4 nitrogen and oxygen atoms in total. The third kappa shape index (κ3) is 4.98. The summed E-state index contributed by atoms with van der Waals surface area (Å²) < 4.78 is 11.0. The molecule has 0 aliphatic heterocycles. The van der Waals surface area contributed by atoms with Crippen LogP contribution in [0.1, 0.15) is 34.3 Å². The standard InChI is InChI=1S/C23H27NO3/c1-24(2)13-4-14-27-20-9-5-17(6-10-20)15-19-8-7-18-16-21(26-3)11-12-22(18)23(19)25/h5-6,9-12,15-16H,4,7-8,13-14H2,1-3H3. The van der Waals surface area contributed by atoms with Gasteiger partial charge in [0, 0.05) is 17.7 Å². The van der Waals surface area contributed by atoms with Crippen LogP contribution < -0.4 is 9.47 Å². The van der Waals surface area contributed by atoms with Gasteiger partial charge in [-0.15, -0.1) is 0 Å². The summed E-state index contributed by atoms with van der Waals surface area (Å²) in [5.74, 6) is 1.78. The number of ketones is 1. The Kier molecular flexibility index (Phi) is 6.30. The molecule has 0 amide bonds. The molecule has 4 heteroatoms. The number of aryl methyl sites for hydroxylation is 1. The number of carbonyl (C=O) groups excluding carboxylic acids is 1. The molecule has 0 spiro atoms. The normalized spacial score (nSPS) is 15.1. The van der Waals surface area contributed by atoms with Crippen molar-refractivity contribution in [2.75, 3.05) is 34.4 Å².